The maximum Gasteiger partial charge on any atom is 0.281 e. The Morgan fingerprint density at radius 1 is 1.45 bits per heavy atom. The van der Waals surface area contributed by atoms with Crippen LogP contribution >= 0.6 is 15.9 Å². The summed E-state index contributed by atoms with van der Waals surface area (Å²) in [5, 5.41) is 25.8. The van der Waals surface area contributed by atoms with Crippen LogP contribution in [-0.2, 0) is 10.2 Å². The molecule has 11 nitrogen and oxygen atoms in total. The van der Waals surface area contributed by atoms with E-state index in [2.05, 4.69) is 42.0 Å². The lowest BCUT2D eigenvalue weighted by Crippen LogP contribution is -2.55. The van der Waals surface area contributed by atoms with Gasteiger partial charge in [0.2, 0.25) is 11.7 Å². The van der Waals surface area contributed by atoms with E-state index in [0.29, 0.717) is 25.3 Å². The summed E-state index contributed by atoms with van der Waals surface area (Å²) in [6, 6.07) is 4.17. The smallest absolute Gasteiger partial charge is 0.281 e. The Labute approximate surface area is 174 Å². The SMILES string of the molecule is CN(C)S(=O)(=O)N1CC(CNc2nonc2/C(=N/O)Nc2ccc(F)c(Br)c2)C1. The van der Waals surface area contributed by atoms with E-state index in [4.69, 9.17) is 4.63 Å². The number of benzene rings is 1. The number of hydrogen-bond acceptors (Lipinski definition) is 8. The van der Waals surface area contributed by atoms with Crippen molar-refractivity contribution in [2.75, 3.05) is 44.4 Å². The molecule has 29 heavy (non-hydrogen) atoms. The molecule has 1 aromatic heterocycles. The van der Waals surface area contributed by atoms with Gasteiger partial charge < -0.3 is 15.8 Å². The molecule has 14 heteroatoms. The van der Waals surface area contributed by atoms with Crippen LogP contribution in [0.2, 0.25) is 0 Å². The van der Waals surface area contributed by atoms with Gasteiger partial charge in [0.15, 0.2) is 5.69 Å². The van der Waals surface area contributed by atoms with Gasteiger partial charge in [-0.2, -0.15) is 17.0 Å². The molecule has 0 aliphatic carbocycles. The van der Waals surface area contributed by atoms with Crippen molar-refractivity contribution in [3.05, 3.63) is 34.2 Å². The molecular weight excluding hydrogens is 473 g/mol. The first-order valence-corrected chi connectivity index (χ1v) is 10.6. The zero-order valence-corrected chi connectivity index (χ0v) is 17.9. The van der Waals surface area contributed by atoms with Gasteiger partial charge in [-0.05, 0) is 44.4 Å². The Morgan fingerprint density at radius 2 is 2.17 bits per heavy atom. The average molecular weight is 492 g/mol. The van der Waals surface area contributed by atoms with Crippen molar-refractivity contribution in [2.24, 2.45) is 11.1 Å². The van der Waals surface area contributed by atoms with Crippen LogP contribution in [0.15, 0.2) is 32.5 Å². The zero-order chi connectivity index (χ0) is 21.2. The lowest BCUT2D eigenvalue weighted by molar-refractivity contribution is 0.200. The molecule has 0 spiro atoms. The van der Waals surface area contributed by atoms with Crippen LogP contribution in [0.4, 0.5) is 15.9 Å². The minimum absolute atomic E-state index is 0.0577. The van der Waals surface area contributed by atoms with E-state index in [9.17, 15) is 18.0 Å². The average Bonchev–Trinajstić information content (AvgIpc) is 3.09. The van der Waals surface area contributed by atoms with Crippen molar-refractivity contribution < 1.29 is 22.6 Å². The van der Waals surface area contributed by atoms with Crippen LogP contribution in [-0.4, -0.2) is 72.1 Å². The summed E-state index contributed by atoms with van der Waals surface area (Å²) in [5.74, 6) is -0.197. The minimum Gasteiger partial charge on any atom is -0.409 e. The first-order valence-electron chi connectivity index (χ1n) is 8.41. The number of halogens is 2. The van der Waals surface area contributed by atoms with E-state index in [1.54, 1.807) is 0 Å². The van der Waals surface area contributed by atoms with Gasteiger partial charge in [-0.1, -0.05) is 5.16 Å². The van der Waals surface area contributed by atoms with Crippen LogP contribution in [0.25, 0.3) is 0 Å². The summed E-state index contributed by atoms with van der Waals surface area (Å²) in [7, 11) is -0.447. The standard InChI is InChI=1S/C15H19BrFN7O4S/c1-23(2)29(26,27)24-7-9(8-24)6-18-14-13(21-28-22-14)15(20-25)19-10-3-4-12(17)11(16)5-10/h3-5,9,25H,6-8H2,1-2H3,(H,18,22)(H,19,20). The molecular formula is C15H19BrFN7O4S. The van der Waals surface area contributed by atoms with E-state index < -0.39 is 16.0 Å². The van der Waals surface area contributed by atoms with Gasteiger partial charge in [0, 0.05) is 45.3 Å². The Bertz CT molecular complexity index is 1010. The Morgan fingerprint density at radius 3 is 2.79 bits per heavy atom. The van der Waals surface area contributed by atoms with Crippen molar-refractivity contribution >= 4 is 43.5 Å². The first kappa shape index (κ1) is 21.4. The van der Waals surface area contributed by atoms with Gasteiger partial charge in [-0.3, -0.25) is 0 Å². The number of anilines is 2. The van der Waals surface area contributed by atoms with E-state index in [0.717, 1.165) is 0 Å². The molecule has 1 aliphatic rings. The van der Waals surface area contributed by atoms with Crippen LogP contribution < -0.4 is 10.6 Å². The molecule has 2 heterocycles. The highest BCUT2D eigenvalue weighted by Crippen LogP contribution is 2.23. The predicted octanol–water partition coefficient (Wildman–Crippen LogP) is 1.37. The number of amidine groups is 1. The van der Waals surface area contributed by atoms with Gasteiger partial charge in [-0.25, -0.2) is 9.02 Å². The lowest BCUT2D eigenvalue weighted by Gasteiger charge is -2.39. The first-order chi connectivity index (χ1) is 13.7. The topological polar surface area (TPSA) is 136 Å². The predicted molar refractivity (Wildman–Crippen MR) is 107 cm³/mol. The molecule has 0 saturated carbocycles. The third-order valence-corrected chi connectivity index (χ3v) is 6.75. The maximum atomic E-state index is 13.4. The summed E-state index contributed by atoms with van der Waals surface area (Å²) >= 11 is 3.08. The third-order valence-electron chi connectivity index (χ3n) is 4.26. The van der Waals surface area contributed by atoms with Crippen LogP contribution in [0, 0.1) is 11.7 Å². The number of oxime groups is 1. The third kappa shape index (κ3) is 4.66. The van der Waals surface area contributed by atoms with Crippen molar-refractivity contribution in [2.45, 2.75) is 0 Å². The molecule has 3 rings (SSSR count). The fourth-order valence-electron chi connectivity index (χ4n) is 2.61. The molecule has 1 aliphatic heterocycles. The second-order valence-corrected chi connectivity index (χ2v) is 9.51. The summed E-state index contributed by atoms with van der Waals surface area (Å²) in [5.41, 5.74) is 0.564. The number of hydrogen-bond donors (Lipinski definition) is 3. The molecule has 0 radical (unpaired) electrons. The molecule has 1 saturated heterocycles. The molecule has 2 aromatic rings. The van der Waals surface area contributed by atoms with Crippen LogP contribution in [0.1, 0.15) is 5.69 Å². The molecule has 0 amide bonds. The minimum atomic E-state index is -3.41. The second kappa shape index (κ2) is 8.61. The summed E-state index contributed by atoms with van der Waals surface area (Å²) < 4.78 is 44.9. The number of aromatic nitrogens is 2. The van der Waals surface area contributed by atoms with Gasteiger partial charge >= 0.3 is 0 Å². The Hall–Kier alpha value is -2.29. The molecule has 3 N–H and O–H groups in total. The zero-order valence-electron chi connectivity index (χ0n) is 15.5. The molecule has 158 valence electrons. The fraction of sp³-hybridized carbons (Fsp3) is 0.400. The van der Waals surface area contributed by atoms with Crippen molar-refractivity contribution in [1.82, 2.24) is 18.9 Å². The van der Waals surface area contributed by atoms with Gasteiger partial charge in [0.05, 0.1) is 4.47 Å². The molecule has 1 aromatic carbocycles. The van der Waals surface area contributed by atoms with Gasteiger partial charge in [-0.15, -0.1) is 0 Å². The highest BCUT2D eigenvalue weighted by molar-refractivity contribution is 9.10. The second-order valence-electron chi connectivity index (χ2n) is 6.52. The van der Waals surface area contributed by atoms with Crippen molar-refractivity contribution in [1.29, 1.82) is 0 Å². The Balaban J connectivity index is 1.61. The van der Waals surface area contributed by atoms with Gasteiger partial charge in [0.25, 0.3) is 10.2 Å². The highest BCUT2D eigenvalue weighted by atomic mass is 79.9. The number of rotatable bonds is 7. The van der Waals surface area contributed by atoms with Crippen LogP contribution in [0.3, 0.4) is 0 Å². The van der Waals surface area contributed by atoms with Crippen LogP contribution in [0.5, 0.6) is 0 Å². The van der Waals surface area contributed by atoms with Crippen molar-refractivity contribution in [3.63, 3.8) is 0 Å². The summed E-state index contributed by atoms with van der Waals surface area (Å²) in [6.45, 7) is 1.16. The molecule has 1 fully saturated rings. The number of nitrogens with one attached hydrogen (secondary N) is 2. The maximum absolute atomic E-state index is 13.4. The Kier molecular flexibility index (Phi) is 6.36. The normalized spacial score (nSPS) is 16.1. The lowest BCUT2D eigenvalue weighted by atomic mass is 10.0. The van der Waals surface area contributed by atoms with E-state index in [-0.39, 0.29) is 27.7 Å². The monoisotopic (exact) mass is 491 g/mol. The van der Waals surface area contributed by atoms with E-state index in [1.165, 1.54) is 40.9 Å². The van der Waals surface area contributed by atoms with Crippen molar-refractivity contribution in [3.8, 4) is 0 Å². The molecule has 0 unspecified atom stereocenters. The van der Waals surface area contributed by atoms with Gasteiger partial charge in [0.1, 0.15) is 5.82 Å². The highest BCUT2D eigenvalue weighted by Gasteiger charge is 2.37. The fourth-order valence-corrected chi connectivity index (χ4v) is 4.25. The largest absolute Gasteiger partial charge is 0.409 e. The summed E-state index contributed by atoms with van der Waals surface area (Å²) in [6.07, 6.45) is 0. The number of nitrogens with zero attached hydrogens (tertiary/aromatic N) is 5. The molecule has 0 bridgehead atoms. The molecule has 0 atom stereocenters. The quantitative estimate of drug-likeness (QED) is 0.228. The summed E-state index contributed by atoms with van der Waals surface area (Å²) in [4.78, 5) is 0. The van der Waals surface area contributed by atoms with E-state index >= 15 is 0 Å². The van der Waals surface area contributed by atoms with E-state index in [1.807, 2.05) is 0 Å².